The highest BCUT2D eigenvalue weighted by atomic mass is 32.1. The van der Waals surface area contributed by atoms with E-state index in [1.54, 1.807) is 31.4 Å². The van der Waals surface area contributed by atoms with E-state index in [1.807, 2.05) is 0 Å². The SMILES string of the molecule is Cc1noc(C)c1C(=O)NNC(=O)Cc1csc(-c2ccc(F)cc2)n1. The van der Waals surface area contributed by atoms with Gasteiger partial charge in [0.1, 0.15) is 22.1 Å². The van der Waals surface area contributed by atoms with Crippen molar-refractivity contribution in [3.63, 3.8) is 0 Å². The summed E-state index contributed by atoms with van der Waals surface area (Å²) in [6, 6.07) is 5.96. The first kappa shape index (κ1) is 17.7. The molecule has 0 saturated heterocycles. The van der Waals surface area contributed by atoms with E-state index in [2.05, 4.69) is 21.0 Å². The molecule has 0 aliphatic carbocycles. The van der Waals surface area contributed by atoms with E-state index >= 15 is 0 Å². The van der Waals surface area contributed by atoms with Crippen LogP contribution >= 0.6 is 11.3 Å². The molecule has 2 aromatic heterocycles. The molecule has 0 radical (unpaired) electrons. The summed E-state index contributed by atoms with van der Waals surface area (Å²) in [7, 11) is 0. The molecule has 0 aliphatic rings. The summed E-state index contributed by atoms with van der Waals surface area (Å²) in [5.41, 5.74) is 6.72. The average molecular weight is 374 g/mol. The van der Waals surface area contributed by atoms with Crippen molar-refractivity contribution in [1.82, 2.24) is 21.0 Å². The number of carbonyl (C=O) groups is 2. The van der Waals surface area contributed by atoms with Crippen molar-refractivity contribution in [1.29, 1.82) is 0 Å². The zero-order valence-electron chi connectivity index (χ0n) is 14.0. The molecular formula is C17H15FN4O3S. The average Bonchev–Trinajstić information content (AvgIpc) is 3.20. The van der Waals surface area contributed by atoms with Crippen molar-refractivity contribution in [3.8, 4) is 10.6 Å². The minimum atomic E-state index is -0.500. The van der Waals surface area contributed by atoms with E-state index in [9.17, 15) is 14.0 Å². The molecule has 0 saturated carbocycles. The van der Waals surface area contributed by atoms with Crippen molar-refractivity contribution in [3.05, 3.63) is 58.2 Å². The molecule has 0 fully saturated rings. The zero-order valence-corrected chi connectivity index (χ0v) is 14.8. The third-order valence-corrected chi connectivity index (χ3v) is 4.50. The standard InChI is InChI=1S/C17H15FN4O3S/c1-9-15(10(2)25-22-9)16(24)21-20-14(23)7-13-8-26-17(19-13)11-3-5-12(18)6-4-11/h3-6,8H,7H2,1-2H3,(H,20,23)(H,21,24). The van der Waals surface area contributed by atoms with Crippen LogP contribution in [-0.4, -0.2) is 22.0 Å². The number of aryl methyl sites for hydroxylation is 2. The smallest absolute Gasteiger partial charge is 0.275 e. The van der Waals surface area contributed by atoms with Crippen molar-refractivity contribution in [2.24, 2.45) is 0 Å². The second-order valence-corrected chi connectivity index (χ2v) is 6.39. The number of carbonyl (C=O) groups excluding carboxylic acids is 2. The maximum absolute atomic E-state index is 13.0. The Labute approximate surface area is 152 Å². The normalized spacial score (nSPS) is 10.6. The Kier molecular flexibility index (Phi) is 5.08. The molecule has 1 aromatic carbocycles. The van der Waals surface area contributed by atoms with E-state index in [1.165, 1.54) is 23.5 Å². The number of hydrogen-bond donors (Lipinski definition) is 2. The van der Waals surface area contributed by atoms with Gasteiger partial charge in [-0.1, -0.05) is 5.16 Å². The number of nitrogens with zero attached hydrogens (tertiary/aromatic N) is 2. The van der Waals surface area contributed by atoms with Gasteiger partial charge in [0.05, 0.1) is 17.8 Å². The predicted octanol–water partition coefficient (Wildman–Crippen LogP) is 2.56. The Morgan fingerprint density at radius 3 is 2.58 bits per heavy atom. The highest BCUT2D eigenvalue weighted by Gasteiger charge is 2.18. The van der Waals surface area contributed by atoms with Crippen LogP contribution in [0, 0.1) is 19.7 Å². The lowest BCUT2D eigenvalue weighted by molar-refractivity contribution is -0.121. The molecule has 2 heterocycles. The van der Waals surface area contributed by atoms with Gasteiger partial charge in [-0.25, -0.2) is 9.37 Å². The van der Waals surface area contributed by atoms with Crippen LogP contribution < -0.4 is 10.9 Å². The van der Waals surface area contributed by atoms with Crippen molar-refractivity contribution >= 4 is 23.2 Å². The number of benzene rings is 1. The number of halogens is 1. The minimum Gasteiger partial charge on any atom is -0.361 e. The lowest BCUT2D eigenvalue weighted by atomic mass is 10.2. The first-order chi connectivity index (χ1) is 12.4. The summed E-state index contributed by atoms with van der Waals surface area (Å²) in [6.07, 6.45) is -0.000421. The molecule has 2 amide bonds. The van der Waals surface area contributed by atoms with Gasteiger partial charge in [-0.3, -0.25) is 20.4 Å². The van der Waals surface area contributed by atoms with Gasteiger partial charge in [0.15, 0.2) is 0 Å². The van der Waals surface area contributed by atoms with Crippen LogP contribution in [0.5, 0.6) is 0 Å². The van der Waals surface area contributed by atoms with E-state index in [0.29, 0.717) is 22.2 Å². The highest BCUT2D eigenvalue weighted by molar-refractivity contribution is 7.13. The van der Waals surface area contributed by atoms with Crippen LogP contribution in [0.25, 0.3) is 10.6 Å². The maximum Gasteiger partial charge on any atom is 0.275 e. The van der Waals surface area contributed by atoms with Gasteiger partial charge in [-0.05, 0) is 38.1 Å². The Morgan fingerprint density at radius 1 is 1.19 bits per heavy atom. The lowest BCUT2D eigenvalue weighted by Crippen LogP contribution is -2.42. The number of nitrogens with one attached hydrogen (secondary N) is 2. The summed E-state index contributed by atoms with van der Waals surface area (Å²) >= 11 is 1.36. The molecule has 3 aromatic rings. The van der Waals surface area contributed by atoms with Gasteiger partial charge in [0.25, 0.3) is 5.91 Å². The third kappa shape index (κ3) is 3.94. The van der Waals surface area contributed by atoms with Gasteiger partial charge in [-0.15, -0.1) is 11.3 Å². The van der Waals surface area contributed by atoms with Gasteiger partial charge >= 0.3 is 0 Å². The quantitative estimate of drug-likeness (QED) is 0.684. The van der Waals surface area contributed by atoms with E-state index in [4.69, 9.17) is 4.52 Å². The highest BCUT2D eigenvalue weighted by Crippen LogP contribution is 2.24. The Balaban J connectivity index is 1.57. The number of hydrazine groups is 1. The van der Waals surface area contributed by atoms with E-state index < -0.39 is 11.8 Å². The third-order valence-electron chi connectivity index (χ3n) is 3.56. The van der Waals surface area contributed by atoms with Crippen molar-refractivity contribution in [2.45, 2.75) is 20.3 Å². The summed E-state index contributed by atoms with van der Waals surface area (Å²) in [4.78, 5) is 28.4. The fourth-order valence-electron chi connectivity index (χ4n) is 2.32. The Bertz CT molecular complexity index is 930. The lowest BCUT2D eigenvalue weighted by Gasteiger charge is -2.06. The van der Waals surface area contributed by atoms with Crippen LogP contribution in [0.1, 0.15) is 27.5 Å². The summed E-state index contributed by atoms with van der Waals surface area (Å²) in [5, 5.41) is 6.12. The number of rotatable bonds is 4. The second-order valence-electron chi connectivity index (χ2n) is 5.53. The molecule has 2 N–H and O–H groups in total. The molecule has 9 heteroatoms. The number of hydrogen-bond acceptors (Lipinski definition) is 6. The fourth-order valence-corrected chi connectivity index (χ4v) is 3.14. The Hall–Kier alpha value is -3.07. The molecule has 134 valence electrons. The monoisotopic (exact) mass is 374 g/mol. The van der Waals surface area contributed by atoms with Crippen LogP contribution in [0.2, 0.25) is 0 Å². The molecule has 0 spiro atoms. The number of thiazole rings is 1. The molecule has 0 bridgehead atoms. The topological polar surface area (TPSA) is 97.1 Å². The van der Waals surface area contributed by atoms with Crippen LogP contribution in [0.3, 0.4) is 0 Å². The first-order valence-electron chi connectivity index (χ1n) is 7.66. The number of aromatic nitrogens is 2. The van der Waals surface area contributed by atoms with Crippen LogP contribution in [-0.2, 0) is 11.2 Å². The first-order valence-corrected chi connectivity index (χ1v) is 8.54. The zero-order chi connectivity index (χ0) is 18.7. The molecule has 0 unspecified atom stereocenters. The van der Waals surface area contributed by atoms with E-state index in [0.717, 1.165) is 5.56 Å². The Morgan fingerprint density at radius 2 is 1.92 bits per heavy atom. The molecular weight excluding hydrogens is 359 g/mol. The molecule has 0 aliphatic heterocycles. The molecule has 26 heavy (non-hydrogen) atoms. The number of amides is 2. The largest absolute Gasteiger partial charge is 0.361 e. The van der Waals surface area contributed by atoms with Crippen molar-refractivity contribution < 1.29 is 18.5 Å². The van der Waals surface area contributed by atoms with Crippen LogP contribution in [0.4, 0.5) is 4.39 Å². The van der Waals surface area contributed by atoms with Gasteiger partial charge in [0.2, 0.25) is 5.91 Å². The summed E-state index contributed by atoms with van der Waals surface area (Å²) in [5.74, 6) is -0.863. The minimum absolute atomic E-state index is 0.000421. The van der Waals surface area contributed by atoms with Gasteiger partial charge in [0, 0.05) is 10.9 Å². The van der Waals surface area contributed by atoms with Gasteiger partial charge in [-0.2, -0.15) is 0 Å². The molecule has 7 nitrogen and oxygen atoms in total. The maximum atomic E-state index is 13.0. The molecule has 3 rings (SSSR count). The predicted molar refractivity (Wildman–Crippen MR) is 92.8 cm³/mol. The molecule has 0 atom stereocenters. The van der Waals surface area contributed by atoms with Gasteiger partial charge < -0.3 is 4.52 Å². The van der Waals surface area contributed by atoms with E-state index in [-0.39, 0.29) is 17.8 Å². The van der Waals surface area contributed by atoms with Crippen LogP contribution in [0.15, 0.2) is 34.2 Å². The fraction of sp³-hybridized carbons (Fsp3) is 0.176. The second kappa shape index (κ2) is 7.44. The summed E-state index contributed by atoms with van der Waals surface area (Å²) in [6.45, 7) is 3.25. The summed E-state index contributed by atoms with van der Waals surface area (Å²) < 4.78 is 17.9. The van der Waals surface area contributed by atoms with Crippen molar-refractivity contribution in [2.75, 3.05) is 0 Å².